The first kappa shape index (κ1) is 45.5. The van der Waals surface area contributed by atoms with E-state index in [9.17, 15) is 37.1 Å². The van der Waals surface area contributed by atoms with Gasteiger partial charge in [-0.1, -0.05) is 44.5 Å². The van der Waals surface area contributed by atoms with Crippen molar-refractivity contribution in [2.45, 2.75) is 126 Å². The van der Waals surface area contributed by atoms with Crippen LogP contribution in [0.1, 0.15) is 117 Å². The number of aromatic nitrogens is 1. The van der Waals surface area contributed by atoms with Crippen LogP contribution in [0.2, 0.25) is 5.02 Å². The second-order valence-corrected chi connectivity index (χ2v) is 21.6. The van der Waals surface area contributed by atoms with E-state index < -0.39 is 64.0 Å². The number of halogens is 5. The highest BCUT2D eigenvalue weighted by Gasteiger charge is 2.63. The summed E-state index contributed by atoms with van der Waals surface area (Å²) in [6.07, 6.45) is 1.10. The number of imide groups is 1. The summed E-state index contributed by atoms with van der Waals surface area (Å²) in [6.45, 7) is 8.84. The van der Waals surface area contributed by atoms with Crippen LogP contribution in [0.25, 0.3) is 0 Å². The molecule has 2 aromatic carbocycles. The van der Waals surface area contributed by atoms with Crippen LogP contribution >= 0.6 is 11.6 Å². The lowest BCUT2D eigenvalue weighted by molar-refractivity contribution is -0.151. The summed E-state index contributed by atoms with van der Waals surface area (Å²) >= 11 is 6.41. The Kier molecular flexibility index (Phi) is 11.0. The fraction of sp³-hybridized carbons (Fsp3) is 0.551. The molecule has 1 spiro atoms. The van der Waals surface area contributed by atoms with Crippen molar-refractivity contribution in [3.63, 3.8) is 0 Å². The van der Waals surface area contributed by atoms with E-state index in [1.807, 2.05) is 17.0 Å². The maximum Gasteiger partial charge on any atom is 0.433 e. The van der Waals surface area contributed by atoms with Gasteiger partial charge in [0.2, 0.25) is 23.6 Å². The molecule has 11 rings (SSSR count). The lowest BCUT2D eigenvalue weighted by atomic mass is 9.56. The molecule has 0 radical (unpaired) electrons. The molecule has 1 aromatic heterocycles. The number of anilines is 2. The molecule has 356 valence electrons. The number of hydrogen-bond acceptors (Lipinski definition) is 9. The van der Waals surface area contributed by atoms with Crippen molar-refractivity contribution < 1.29 is 41.5 Å². The number of rotatable bonds is 7. The first-order valence-electron chi connectivity index (χ1n) is 23.4. The van der Waals surface area contributed by atoms with E-state index in [2.05, 4.69) is 51.9 Å². The van der Waals surface area contributed by atoms with Crippen LogP contribution in [-0.2, 0) is 37.3 Å². The van der Waals surface area contributed by atoms with Crippen molar-refractivity contribution in [3.05, 3.63) is 87.4 Å². The van der Waals surface area contributed by atoms with E-state index in [0.717, 1.165) is 17.3 Å². The molecule has 5 aliphatic heterocycles. The summed E-state index contributed by atoms with van der Waals surface area (Å²) in [7, 11) is 0. The Hall–Kier alpha value is -5.29. The fourth-order valence-corrected chi connectivity index (χ4v) is 12.8. The van der Waals surface area contributed by atoms with Crippen LogP contribution in [-0.4, -0.2) is 101 Å². The molecule has 6 fully saturated rings. The molecule has 5 atom stereocenters. The Balaban J connectivity index is 0.828. The zero-order valence-electron chi connectivity index (χ0n) is 37.8. The number of nitrogens with one attached hydrogen (secondary N) is 4. The highest BCUT2D eigenvalue weighted by molar-refractivity contribution is 6.30. The molecular formula is C49H55ClF4N8O5. The number of piperidine rings is 1. The van der Waals surface area contributed by atoms with E-state index >= 15 is 4.39 Å². The molecule has 3 saturated carbocycles. The fourth-order valence-electron chi connectivity index (χ4n) is 12.6. The Morgan fingerprint density at radius 2 is 1.67 bits per heavy atom. The Bertz CT molecular complexity index is 2550. The molecule has 13 nitrogen and oxygen atoms in total. The summed E-state index contributed by atoms with van der Waals surface area (Å²) < 4.78 is 58.1. The number of hydrogen-bond donors (Lipinski definition) is 4. The number of carbonyl (C=O) groups excluding carboxylic acids is 5. The molecular weight excluding hydrogens is 892 g/mol. The van der Waals surface area contributed by atoms with Crippen molar-refractivity contribution >= 4 is 52.5 Å². The number of carbonyl (C=O) groups is 5. The third-order valence-electron chi connectivity index (χ3n) is 16.1. The molecule has 3 saturated heterocycles. The van der Waals surface area contributed by atoms with Crippen LogP contribution < -0.4 is 26.2 Å². The summed E-state index contributed by atoms with van der Waals surface area (Å²) in [5.74, 6) is -2.76. The number of pyridine rings is 1. The molecule has 8 aliphatic rings. The van der Waals surface area contributed by atoms with Gasteiger partial charge >= 0.3 is 6.18 Å². The number of benzene rings is 2. The average Bonchev–Trinajstić information content (AvgIpc) is 3.94. The van der Waals surface area contributed by atoms with E-state index in [-0.39, 0.29) is 64.8 Å². The van der Waals surface area contributed by atoms with Crippen molar-refractivity contribution in [1.29, 1.82) is 0 Å². The van der Waals surface area contributed by atoms with Crippen LogP contribution in [0.15, 0.2) is 48.7 Å². The van der Waals surface area contributed by atoms with Gasteiger partial charge < -0.3 is 30.7 Å². The largest absolute Gasteiger partial charge is 0.433 e. The number of nitrogens with zero attached hydrogens (tertiary/aromatic N) is 4. The minimum absolute atomic E-state index is 0.121. The van der Waals surface area contributed by atoms with Gasteiger partial charge in [0, 0.05) is 103 Å². The topological polar surface area (TPSA) is 156 Å². The lowest BCUT2D eigenvalue weighted by Gasteiger charge is -2.54. The van der Waals surface area contributed by atoms with Gasteiger partial charge in [-0.05, 0) is 98.2 Å². The van der Waals surface area contributed by atoms with Crippen molar-refractivity contribution in [3.8, 4) is 0 Å². The number of fused-ring (bicyclic) bond motifs is 6. The smallest absolute Gasteiger partial charge is 0.384 e. The summed E-state index contributed by atoms with van der Waals surface area (Å²) in [4.78, 5) is 76.5. The minimum atomic E-state index is -4.68. The monoisotopic (exact) mass is 946 g/mol. The van der Waals surface area contributed by atoms with Crippen molar-refractivity contribution in [1.82, 2.24) is 30.7 Å². The van der Waals surface area contributed by atoms with Crippen LogP contribution in [0, 0.1) is 16.6 Å². The Morgan fingerprint density at radius 3 is 2.34 bits per heavy atom. The quantitative estimate of drug-likeness (QED) is 0.155. The molecule has 5 amide bonds. The van der Waals surface area contributed by atoms with E-state index in [1.165, 1.54) is 17.2 Å². The van der Waals surface area contributed by atoms with E-state index in [0.29, 0.717) is 88.7 Å². The SMILES string of the molecule is CC(C)(C)C[C@@H]1N[C@@H](C(=O)NC23CCC(C(=O)N4CCN(c5ccc6c(c5)CN(C5CCC(=O)NC5=O)C6=O)CC4)(CC2)CC3)[C@H](c2cccc(Cl)c2F)[C@]12CNc1cc(C(F)(F)F)ncc12. The van der Waals surface area contributed by atoms with Gasteiger partial charge in [-0.3, -0.25) is 34.3 Å². The summed E-state index contributed by atoms with van der Waals surface area (Å²) in [5.41, 5.74) is -0.318. The normalized spacial score (nSPS) is 30.4. The average molecular weight is 947 g/mol. The van der Waals surface area contributed by atoms with Crippen molar-refractivity contribution in [2.24, 2.45) is 10.8 Å². The predicted octanol–water partition coefficient (Wildman–Crippen LogP) is 6.44. The zero-order chi connectivity index (χ0) is 47.4. The lowest BCUT2D eigenvalue weighted by Crippen LogP contribution is -2.63. The molecule has 18 heteroatoms. The molecule has 1 unspecified atom stereocenters. The first-order chi connectivity index (χ1) is 31.7. The second kappa shape index (κ2) is 16.2. The maximum atomic E-state index is 16.4. The Morgan fingerprint density at radius 1 is 0.955 bits per heavy atom. The van der Waals surface area contributed by atoms with Gasteiger partial charge in [0.25, 0.3) is 5.91 Å². The number of amides is 5. The number of piperazine rings is 1. The van der Waals surface area contributed by atoms with Gasteiger partial charge in [0.05, 0.1) is 11.1 Å². The van der Waals surface area contributed by atoms with Crippen LogP contribution in [0.4, 0.5) is 28.9 Å². The zero-order valence-corrected chi connectivity index (χ0v) is 38.5. The van der Waals surface area contributed by atoms with E-state index in [1.54, 1.807) is 18.2 Å². The van der Waals surface area contributed by atoms with Crippen LogP contribution in [0.5, 0.6) is 0 Å². The predicted molar refractivity (Wildman–Crippen MR) is 241 cm³/mol. The number of alkyl halides is 3. The molecule has 6 heterocycles. The molecule has 2 bridgehead atoms. The highest BCUT2D eigenvalue weighted by Crippen LogP contribution is 2.58. The van der Waals surface area contributed by atoms with Gasteiger partial charge in [-0.15, -0.1) is 0 Å². The second-order valence-electron chi connectivity index (χ2n) is 21.2. The standard InChI is InChI=1S/C49H55ClF4N8O5/c1-45(2,3)23-36-48(26-56-33-22-35(49(52,53)54)55-24-31(33)48)38(30-5-4-6-32(50)39(30)51)40(57-36)42(65)59-47-14-11-46(12-15-47,13-16-47)44(67)61-19-17-60(18-20-61)28-7-8-29-27(21-28)25-62(43(29)66)34-9-10-37(63)58-41(34)64/h4-8,21-22,24,34,36,38,40,56-57H,9-20,23,25-26H2,1-3H3,(H,59,65)(H,58,63,64)/t34?,36-,38-,40+,46?,47?,48-/m0/s1. The van der Waals surface area contributed by atoms with Gasteiger partial charge in [-0.2, -0.15) is 13.2 Å². The minimum Gasteiger partial charge on any atom is -0.384 e. The van der Waals surface area contributed by atoms with Gasteiger partial charge in [0.15, 0.2) is 0 Å². The third-order valence-corrected chi connectivity index (χ3v) is 16.4. The molecule has 3 aliphatic carbocycles. The molecule has 4 N–H and O–H groups in total. The van der Waals surface area contributed by atoms with Gasteiger partial charge in [0.1, 0.15) is 17.6 Å². The van der Waals surface area contributed by atoms with Crippen molar-refractivity contribution in [2.75, 3.05) is 42.9 Å². The Labute approximate surface area is 391 Å². The van der Waals surface area contributed by atoms with E-state index in [4.69, 9.17) is 11.6 Å². The summed E-state index contributed by atoms with van der Waals surface area (Å²) in [6, 6.07) is 9.21. The highest BCUT2D eigenvalue weighted by atomic mass is 35.5. The first-order valence-corrected chi connectivity index (χ1v) is 23.7. The van der Waals surface area contributed by atoms with Gasteiger partial charge in [-0.25, -0.2) is 4.39 Å². The third kappa shape index (κ3) is 7.71. The summed E-state index contributed by atoms with van der Waals surface area (Å²) in [5, 5.41) is 12.4. The molecule has 3 aromatic rings. The van der Waals surface area contributed by atoms with Crippen LogP contribution in [0.3, 0.4) is 0 Å². The maximum absolute atomic E-state index is 16.4. The molecule has 67 heavy (non-hydrogen) atoms.